The fourth-order valence-electron chi connectivity index (χ4n) is 2.49. The summed E-state index contributed by atoms with van der Waals surface area (Å²) < 4.78 is 2.31. The molecule has 1 aromatic heterocycles. The highest BCUT2D eigenvalue weighted by molar-refractivity contribution is 6.30. The van der Waals surface area contributed by atoms with E-state index in [0.29, 0.717) is 0 Å². The first kappa shape index (κ1) is 13.2. The van der Waals surface area contributed by atoms with Crippen molar-refractivity contribution in [3.05, 3.63) is 64.9 Å². The molecule has 0 N–H and O–H groups in total. The minimum absolute atomic E-state index is 0.776. The lowest BCUT2D eigenvalue weighted by Crippen LogP contribution is -2.05. The Bertz CT molecular complexity index is 713. The predicted octanol–water partition coefficient (Wildman–Crippen LogP) is 4.69. The number of hydrogen-bond donors (Lipinski definition) is 0. The molecule has 3 rings (SSSR count). The largest absolute Gasteiger partial charge is 0.323 e. The van der Waals surface area contributed by atoms with Crippen LogP contribution in [-0.4, -0.2) is 9.55 Å². The molecule has 0 unspecified atom stereocenters. The molecule has 0 aliphatic carbocycles. The number of imidazole rings is 1. The van der Waals surface area contributed by atoms with Crippen molar-refractivity contribution >= 4 is 22.6 Å². The molecule has 0 saturated carbocycles. The van der Waals surface area contributed by atoms with E-state index in [2.05, 4.69) is 41.8 Å². The maximum absolute atomic E-state index is 5.95. The molecule has 2 aromatic carbocycles. The molecule has 0 spiro atoms. The molecule has 0 fully saturated rings. The molecule has 2 nitrogen and oxygen atoms in total. The van der Waals surface area contributed by atoms with Gasteiger partial charge in [0.2, 0.25) is 0 Å². The van der Waals surface area contributed by atoms with Gasteiger partial charge in [0.05, 0.1) is 11.0 Å². The first-order valence-corrected chi connectivity index (χ1v) is 7.34. The molecular formula is C17H17ClN2. The molecule has 0 aliphatic heterocycles. The fourth-order valence-corrected chi connectivity index (χ4v) is 2.61. The van der Waals surface area contributed by atoms with Gasteiger partial charge < -0.3 is 4.57 Å². The summed E-state index contributed by atoms with van der Waals surface area (Å²) >= 11 is 5.95. The number of halogens is 1. The van der Waals surface area contributed by atoms with Crippen molar-refractivity contribution in [2.75, 3.05) is 0 Å². The predicted molar refractivity (Wildman–Crippen MR) is 84.3 cm³/mol. The summed E-state index contributed by atoms with van der Waals surface area (Å²) in [7, 11) is 0. The summed E-state index contributed by atoms with van der Waals surface area (Å²) in [4.78, 5) is 4.75. The third-order valence-electron chi connectivity index (χ3n) is 3.46. The Labute approximate surface area is 124 Å². The lowest BCUT2D eigenvalue weighted by atomic mass is 10.2. The summed E-state index contributed by atoms with van der Waals surface area (Å²) in [6.07, 6.45) is 2.10. The lowest BCUT2D eigenvalue weighted by Gasteiger charge is -2.09. The van der Waals surface area contributed by atoms with Crippen LogP contribution in [0.1, 0.15) is 24.7 Å². The van der Waals surface area contributed by atoms with E-state index in [-0.39, 0.29) is 0 Å². The molecule has 0 amide bonds. The van der Waals surface area contributed by atoms with Gasteiger partial charge in [-0.25, -0.2) is 4.98 Å². The number of benzene rings is 2. The van der Waals surface area contributed by atoms with Crippen molar-refractivity contribution in [3.8, 4) is 0 Å². The van der Waals surface area contributed by atoms with Crippen LogP contribution in [0.3, 0.4) is 0 Å². The van der Waals surface area contributed by atoms with Gasteiger partial charge in [-0.2, -0.15) is 0 Å². The zero-order valence-corrected chi connectivity index (χ0v) is 12.3. The maximum Gasteiger partial charge on any atom is 0.110 e. The van der Waals surface area contributed by atoms with Crippen LogP contribution >= 0.6 is 11.6 Å². The summed E-state index contributed by atoms with van der Waals surface area (Å²) in [5.74, 6) is 1.16. The van der Waals surface area contributed by atoms with Crippen LogP contribution in [0.5, 0.6) is 0 Å². The molecule has 0 atom stereocenters. The minimum Gasteiger partial charge on any atom is -0.323 e. The Balaban J connectivity index is 2.04. The van der Waals surface area contributed by atoms with E-state index in [1.165, 1.54) is 11.1 Å². The van der Waals surface area contributed by atoms with E-state index >= 15 is 0 Å². The van der Waals surface area contributed by atoms with Gasteiger partial charge >= 0.3 is 0 Å². The molecule has 3 aromatic rings. The maximum atomic E-state index is 5.95. The summed E-state index contributed by atoms with van der Waals surface area (Å²) in [6, 6.07) is 16.4. The summed E-state index contributed by atoms with van der Waals surface area (Å²) in [5.41, 5.74) is 3.52. The molecular weight excluding hydrogens is 268 g/mol. The highest BCUT2D eigenvalue weighted by Gasteiger charge is 2.09. The molecule has 0 bridgehead atoms. The molecule has 0 aliphatic rings. The first-order valence-electron chi connectivity index (χ1n) is 6.96. The van der Waals surface area contributed by atoms with Crippen LogP contribution in [0, 0.1) is 0 Å². The highest BCUT2D eigenvalue weighted by atomic mass is 35.5. The number of nitrogens with zero attached hydrogens (tertiary/aromatic N) is 2. The molecule has 102 valence electrons. The van der Waals surface area contributed by atoms with Gasteiger partial charge in [0.1, 0.15) is 5.82 Å². The summed E-state index contributed by atoms with van der Waals surface area (Å²) in [6.45, 7) is 3.03. The van der Waals surface area contributed by atoms with Crippen molar-refractivity contribution in [1.29, 1.82) is 0 Å². The number of aryl methyl sites for hydroxylation is 1. The average molecular weight is 285 g/mol. The molecule has 20 heavy (non-hydrogen) atoms. The molecule has 0 radical (unpaired) electrons. The van der Waals surface area contributed by atoms with Crippen LogP contribution in [0.15, 0.2) is 48.5 Å². The van der Waals surface area contributed by atoms with Gasteiger partial charge in [-0.15, -0.1) is 0 Å². The Morgan fingerprint density at radius 2 is 1.80 bits per heavy atom. The van der Waals surface area contributed by atoms with Crippen molar-refractivity contribution in [2.24, 2.45) is 0 Å². The van der Waals surface area contributed by atoms with Gasteiger partial charge in [-0.05, 0) is 36.2 Å². The van der Waals surface area contributed by atoms with Crippen molar-refractivity contribution < 1.29 is 0 Å². The second kappa shape index (κ2) is 5.68. The van der Waals surface area contributed by atoms with E-state index < -0.39 is 0 Å². The Kier molecular flexibility index (Phi) is 3.75. The SMILES string of the molecule is CCCc1nc2ccccc2n1Cc1ccc(Cl)cc1. The molecule has 0 saturated heterocycles. The molecule has 3 heteroatoms. The average Bonchev–Trinajstić information content (AvgIpc) is 2.80. The van der Waals surface area contributed by atoms with Gasteiger partial charge in [0.15, 0.2) is 0 Å². The second-order valence-electron chi connectivity index (χ2n) is 4.98. The normalized spacial score (nSPS) is 11.1. The van der Waals surface area contributed by atoms with Crippen LogP contribution in [0.25, 0.3) is 11.0 Å². The second-order valence-corrected chi connectivity index (χ2v) is 5.42. The molecule has 1 heterocycles. The van der Waals surface area contributed by atoms with E-state index in [9.17, 15) is 0 Å². The van der Waals surface area contributed by atoms with Crippen molar-refractivity contribution in [3.63, 3.8) is 0 Å². The zero-order chi connectivity index (χ0) is 13.9. The van der Waals surface area contributed by atoms with E-state index in [1.807, 2.05) is 18.2 Å². The number of aromatic nitrogens is 2. The zero-order valence-electron chi connectivity index (χ0n) is 11.5. The van der Waals surface area contributed by atoms with Crippen LogP contribution in [0.2, 0.25) is 5.02 Å². The number of rotatable bonds is 4. The van der Waals surface area contributed by atoms with Gasteiger partial charge in [0.25, 0.3) is 0 Å². The third kappa shape index (κ3) is 2.56. The highest BCUT2D eigenvalue weighted by Crippen LogP contribution is 2.19. The third-order valence-corrected chi connectivity index (χ3v) is 3.71. The fraction of sp³-hybridized carbons (Fsp3) is 0.235. The number of para-hydroxylation sites is 2. The smallest absolute Gasteiger partial charge is 0.110 e. The van der Waals surface area contributed by atoms with E-state index in [1.54, 1.807) is 0 Å². The Morgan fingerprint density at radius 1 is 1.05 bits per heavy atom. The van der Waals surface area contributed by atoms with Crippen LogP contribution in [-0.2, 0) is 13.0 Å². The van der Waals surface area contributed by atoms with E-state index in [4.69, 9.17) is 16.6 Å². The quantitative estimate of drug-likeness (QED) is 0.679. The Morgan fingerprint density at radius 3 is 2.55 bits per heavy atom. The lowest BCUT2D eigenvalue weighted by molar-refractivity contribution is 0.722. The standard InChI is InChI=1S/C17H17ClN2/c1-2-5-17-19-15-6-3-4-7-16(15)20(17)12-13-8-10-14(18)11-9-13/h3-4,6-11H,2,5,12H2,1H3. The van der Waals surface area contributed by atoms with Crippen molar-refractivity contribution in [1.82, 2.24) is 9.55 Å². The van der Waals surface area contributed by atoms with Crippen LogP contribution < -0.4 is 0 Å². The number of fused-ring (bicyclic) bond motifs is 1. The number of hydrogen-bond acceptors (Lipinski definition) is 1. The van der Waals surface area contributed by atoms with Gasteiger partial charge in [0, 0.05) is 18.0 Å². The van der Waals surface area contributed by atoms with E-state index in [0.717, 1.165) is 35.8 Å². The van der Waals surface area contributed by atoms with Crippen LogP contribution in [0.4, 0.5) is 0 Å². The monoisotopic (exact) mass is 284 g/mol. The Hall–Kier alpha value is -1.80. The van der Waals surface area contributed by atoms with Crippen molar-refractivity contribution in [2.45, 2.75) is 26.3 Å². The first-order chi connectivity index (χ1) is 9.78. The van der Waals surface area contributed by atoms with Gasteiger partial charge in [-0.1, -0.05) is 42.8 Å². The summed E-state index contributed by atoms with van der Waals surface area (Å²) in [5, 5.41) is 0.776. The van der Waals surface area contributed by atoms with Gasteiger partial charge in [-0.3, -0.25) is 0 Å². The topological polar surface area (TPSA) is 17.8 Å². The minimum atomic E-state index is 0.776.